The summed E-state index contributed by atoms with van der Waals surface area (Å²) in [6, 6.07) is -2.05. The fraction of sp³-hybridized carbons (Fsp3) is 0.765. The van der Waals surface area contributed by atoms with Gasteiger partial charge < -0.3 is 16.8 Å². The molecule has 11 heteroatoms. The molecule has 2 rings (SSSR count). The predicted molar refractivity (Wildman–Crippen MR) is 120 cm³/mol. The van der Waals surface area contributed by atoms with Gasteiger partial charge in [-0.25, -0.2) is 0 Å². The van der Waals surface area contributed by atoms with E-state index in [0.717, 1.165) is 4.90 Å². The molecule has 2 aliphatic rings. The lowest BCUT2D eigenvalue weighted by Crippen LogP contribution is -2.58. The Morgan fingerprint density at radius 2 is 1.96 bits per heavy atom. The first-order valence-corrected chi connectivity index (χ1v) is 12.6. The molecule has 1 aliphatic carbocycles. The number of piperidine rings is 1. The zero-order valence-electron chi connectivity index (χ0n) is 16.4. The molecule has 0 aromatic heterocycles. The van der Waals surface area contributed by atoms with Crippen LogP contribution in [0.25, 0.3) is 0 Å². The van der Waals surface area contributed by atoms with Crippen molar-refractivity contribution < 1.29 is 19.2 Å². The summed E-state index contributed by atoms with van der Waals surface area (Å²) in [5.74, 6) is -2.12. The predicted octanol–water partition coefficient (Wildman–Crippen LogP) is 0.662. The molecule has 0 aromatic rings. The van der Waals surface area contributed by atoms with Crippen molar-refractivity contribution in [3.8, 4) is 0 Å². The lowest BCUT2D eigenvalue weighted by atomic mass is 10.0. The van der Waals surface area contributed by atoms with Gasteiger partial charge in [-0.2, -0.15) is 0 Å². The second-order valence-corrected chi connectivity index (χ2v) is 12.5. The van der Waals surface area contributed by atoms with Crippen molar-refractivity contribution in [2.45, 2.75) is 54.9 Å². The number of likely N-dealkylation sites (tertiary alicyclic amines) is 1. The monoisotopic (exact) mass is 542 g/mol. The summed E-state index contributed by atoms with van der Waals surface area (Å²) < 4.78 is -0.0618. The van der Waals surface area contributed by atoms with Gasteiger partial charge in [0.1, 0.15) is 12.1 Å². The summed E-state index contributed by atoms with van der Waals surface area (Å²) in [5, 5.41) is 2.57. The quantitative estimate of drug-likeness (QED) is 0.169. The third-order valence-electron chi connectivity index (χ3n) is 4.98. The van der Waals surface area contributed by atoms with Crippen LogP contribution >= 0.6 is 44.2 Å². The van der Waals surface area contributed by atoms with Crippen LogP contribution in [-0.4, -0.2) is 61.6 Å². The highest BCUT2D eigenvalue weighted by molar-refractivity contribution is 14.1. The average Bonchev–Trinajstić information content (AvgIpc) is 3.13. The fourth-order valence-electron chi connectivity index (χ4n) is 3.40. The van der Waals surface area contributed by atoms with Crippen molar-refractivity contribution in [1.29, 1.82) is 0 Å². The Balaban J connectivity index is 2.07. The van der Waals surface area contributed by atoms with Crippen molar-refractivity contribution in [2.75, 3.05) is 12.3 Å². The van der Waals surface area contributed by atoms with Gasteiger partial charge in [-0.15, -0.1) is 0 Å². The molecule has 1 aliphatic heterocycles. The third kappa shape index (κ3) is 4.31. The van der Waals surface area contributed by atoms with Gasteiger partial charge in [0, 0.05) is 21.0 Å². The molecule has 0 radical (unpaired) electrons. The van der Waals surface area contributed by atoms with E-state index in [2.05, 4.69) is 27.9 Å². The van der Waals surface area contributed by atoms with E-state index >= 15 is 0 Å². The Bertz CT molecular complexity index is 687. The first-order chi connectivity index (χ1) is 12.9. The Morgan fingerprint density at radius 3 is 2.39 bits per heavy atom. The molecule has 4 amide bonds. The maximum atomic E-state index is 12.9. The van der Waals surface area contributed by atoms with Crippen LogP contribution in [0.15, 0.2) is 0 Å². The number of halogens is 1. The fourth-order valence-corrected chi connectivity index (χ4v) is 7.71. The third-order valence-corrected chi connectivity index (χ3v) is 10.2. The molecule has 0 spiro atoms. The summed E-state index contributed by atoms with van der Waals surface area (Å²) in [4.78, 5) is 51.1. The summed E-state index contributed by atoms with van der Waals surface area (Å²) in [6.45, 7) is 7.76. The van der Waals surface area contributed by atoms with Crippen molar-refractivity contribution in [2.24, 2.45) is 22.8 Å². The van der Waals surface area contributed by atoms with Crippen LogP contribution in [0.3, 0.4) is 0 Å². The summed E-state index contributed by atoms with van der Waals surface area (Å²) in [6.07, 6.45) is 0.538. The standard InChI is InChI=1S/C17H27IN4O4S2/c1-5-17-10(11(17)18)14(25)22(15(17)26)9(6-19)13(24)21-8(12(20)23)7-27-28-16(2,3)4/h8-11H,5-7,19H2,1-4H3,(H2,20,23)(H,21,24)/t8-,9-,10?,11?,17?/m0/s1. The number of carbonyl (C=O) groups is 4. The first kappa shape index (κ1) is 23.7. The molecule has 0 aromatic carbocycles. The number of carbonyl (C=O) groups excluding carboxylic acids is 4. The molecule has 2 fully saturated rings. The Labute approximate surface area is 186 Å². The smallest absolute Gasteiger partial charge is 0.245 e. The van der Waals surface area contributed by atoms with Crippen molar-refractivity contribution in [1.82, 2.24) is 10.2 Å². The molecule has 3 unspecified atom stereocenters. The number of primary amides is 1. The molecule has 1 heterocycles. The van der Waals surface area contributed by atoms with Crippen LogP contribution in [0.4, 0.5) is 0 Å². The van der Waals surface area contributed by atoms with Gasteiger partial charge in [-0.1, -0.05) is 71.9 Å². The lowest BCUT2D eigenvalue weighted by molar-refractivity contribution is -0.150. The normalized spacial score (nSPS) is 28.7. The molecule has 158 valence electrons. The molecule has 5 atom stereocenters. The maximum Gasteiger partial charge on any atom is 0.245 e. The van der Waals surface area contributed by atoms with E-state index in [0.29, 0.717) is 6.42 Å². The highest BCUT2D eigenvalue weighted by atomic mass is 127. The van der Waals surface area contributed by atoms with Gasteiger partial charge in [-0.05, 0) is 6.42 Å². The summed E-state index contributed by atoms with van der Waals surface area (Å²) >= 11 is 2.12. The minimum Gasteiger partial charge on any atom is -0.368 e. The average molecular weight is 542 g/mol. The van der Waals surface area contributed by atoms with Gasteiger partial charge in [0.05, 0.1) is 11.3 Å². The highest BCUT2D eigenvalue weighted by Crippen LogP contribution is 2.65. The number of imide groups is 1. The molecular weight excluding hydrogens is 515 g/mol. The number of rotatable bonds is 9. The number of hydrogen-bond acceptors (Lipinski definition) is 7. The van der Waals surface area contributed by atoms with Crippen LogP contribution in [0, 0.1) is 11.3 Å². The van der Waals surface area contributed by atoms with Crippen LogP contribution < -0.4 is 16.8 Å². The first-order valence-electron chi connectivity index (χ1n) is 9.04. The largest absolute Gasteiger partial charge is 0.368 e. The number of fused-ring (bicyclic) bond motifs is 1. The number of nitrogens with zero attached hydrogens (tertiary/aromatic N) is 1. The number of nitrogens with one attached hydrogen (secondary N) is 1. The molecule has 1 saturated carbocycles. The van der Waals surface area contributed by atoms with E-state index in [9.17, 15) is 19.2 Å². The second kappa shape index (κ2) is 8.68. The Morgan fingerprint density at radius 1 is 1.36 bits per heavy atom. The lowest BCUT2D eigenvalue weighted by Gasteiger charge is -2.29. The number of hydrogen-bond donors (Lipinski definition) is 3. The minimum absolute atomic E-state index is 0.0173. The zero-order chi connectivity index (χ0) is 21.4. The Hall–Kier alpha value is -0.530. The number of amides is 4. The Kier molecular flexibility index (Phi) is 7.36. The van der Waals surface area contributed by atoms with Crippen molar-refractivity contribution >= 4 is 67.8 Å². The topological polar surface area (TPSA) is 136 Å². The zero-order valence-corrected chi connectivity index (χ0v) is 20.2. The van der Waals surface area contributed by atoms with Gasteiger partial charge in [0.25, 0.3) is 0 Å². The van der Waals surface area contributed by atoms with E-state index in [-0.39, 0.29) is 32.8 Å². The maximum absolute atomic E-state index is 12.9. The van der Waals surface area contributed by atoms with E-state index in [1.807, 2.05) is 27.7 Å². The SMILES string of the molecule is CCC12C(=O)N([C@@H](CN)C(=O)N[C@@H](CSSC(C)(C)C)C(N)=O)C(=O)C1C2I. The van der Waals surface area contributed by atoms with Gasteiger partial charge in [0.2, 0.25) is 23.6 Å². The van der Waals surface area contributed by atoms with Crippen molar-refractivity contribution in [3.63, 3.8) is 0 Å². The summed E-state index contributed by atoms with van der Waals surface area (Å²) in [7, 11) is 2.99. The number of alkyl halides is 1. The minimum atomic E-state index is -1.14. The van der Waals surface area contributed by atoms with E-state index in [4.69, 9.17) is 11.5 Å². The molecular formula is C17H27IN4O4S2. The molecule has 28 heavy (non-hydrogen) atoms. The van der Waals surface area contributed by atoms with Crippen molar-refractivity contribution in [3.05, 3.63) is 0 Å². The van der Waals surface area contributed by atoms with Gasteiger partial charge >= 0.3 is 0 Å². The number of nitrogens with two attached hydrogens (primary N) is 2. The van der Waals surface area contributed by atoms with Crippen LogP contribution in [-0.2, 0) is 19.2 Å². The van der Waals surface area contributed by atoms with Gasteiger partial charge in [-0.3, -0.25) is 24.1 Å². The van der Waals surface area contributed by atoms with Gasteiger partial charge in [0.15, 0.2) is 0 Å². The summed E-state index contributed by atoms with van der Waals surface area (Å²) in [5.41, 5.74) is 10.4. The van der Waals surface area contributed by atoms with Crippen LogP contribution in [0.1, 0.15) is 34.1 Å². The second-order valence-electron chi connectivity index (χ2n) is 7.98. The molecule has 5 N–H and O–H groups in total. The molecule has 8 nitrogen and oxygen atoms in total. The molecule has 1 saturated heterocycles. The van der Waals surface area contributed by atoms with Crippen LogP contribution in [0.2, 0.25) is 0 Å². The van der Waals surface area contributed by atoms with E-state index < -0.39 is 35.2 Å². The van der Waals surface area contributed by atoms with E-state index in [1.54, 1.807) is 10.8 Å². The highest BCUT2D eigenvalue weighted by Gasteiger charge is 2.78. The van der Waals surface area contributed by atoms with Crippen LogP contribution in [0.5, 0.6) is 0 Å². The molecule has 0 bridgehead atoms. The van der Waals surface area contributed by atoms with E-state index in [1.165, 1.54) is 10.8 Å².